The SMILES string of the molecule is CN(C1CCS(=O)(=O)C1)S(=O)(=O)c1ccc(CCl)cc1Br. The number of rotatable bonds is 4. The molecule has 1 aliphatic rings. The molecule has 1 aliphatic heterocycles. The van der Waals surface area contributed by atoms with Gasteiger partial charge in [0.05, 0.1) is 16.4 Å². The minimum Gasteiger partial charge on any atom is -0.229 e. The Morgan fingerprint density at radius 1 is 1.43 bits per heavy atom. The van der Waals surface area contributed by atoms with E-state index in [1.807, 2.05) is 0 Å². The van der Waals surface area contributed by atoms with Gasteiger partial charge in [-0.3, -0.25) is 0 Å². The summed E-state index contributed by atoms with van der Waals surface area (Å²) in [4.78, 5) is 0.114. The molecular weight excluding hydrogens is 402 g/mol. The van der Waals surface area contributed by atoms with Crippen LogP contribution in [-0.4, -0.2) is 45.7 Å². The van der Waals surface area contributed by atoms with E-state index in [9.17, 15) is 16.8 Å². The first kappa shape index (κ1) is 17.2. The molecule has 0 saturated carbocycles. The third kappa shape index (κ3) is 3.61. The molecule has 1 heterocycles. The zero-order valence-corrected chi connectivity index (χ0v) is 15.3. The second kappa shape index (κ2) is 6.16. The lowest BCUT2D eigenvalue weighted by molar-refractivity contribution is 0.393. The van der Waals surface area contributed by atoms with Gasteiger partial charge in [0, 0.05) is 23.4 Å². The predicted molar refractivity (Wildman–Crippen MR) is 85.7 cm³/mol. The van der Waals surface area contributed by atoms with Crippen LogP contribution in [0.1, 0.15) is 12.0 Å². The number of hydrogen-bond acceptors (Lipinski definition) is 4. The molecule has 1 aromatic carbocycles. The monoisotopic (exact) mass is 415 g/mol. The number of nitrogens with zero attached hydrogens (tertiary/aromatic N) is 1. The molecule has 0 radical (unpaired) electrons. The van der Waals surface area contributed by atoms with Gasteiger partial charge in [-0.25, -0.2) is 16.8 Å². The quantitative estimate of drug-likeness (QED) is 0.704. The Bertz CT molecular complexity index is 749. The molecule has 0 bridgehead atoms. The summed E-state index contributed by atoms with van der Waals surface area (Å²) < 4.78 is 49.8. The molecule has 1 atom stereocenters. The van der Waals surface area contributed by atoms with Gasteiger partial charge in [0.1, 0.15) is 0 Å². The highest BCUT2D eigenvalue weighted by atomic mass is 79.9. The molecular formula is C12H15BrClNO4S2. The van der Waals surface area contributed by atoms with Crippen LogP contribution in [0.5, 0.6) is 0 Å². The van der Waals surface area contributed by atoms with Gasteiger partial charge in [0.15, 0.2) is 9.84 Å². The summed E-state index contributed by atoms with van der Waals surface area (Å²) >= 11 is 8.96. The Morgan fingerprint density at radius 2 is 2.10 bits per heavy atom. The summed E-state index contributed by atoms with van der Waals surface area (Å²) in [5.41, 5.74) is 0.800. The van der Waals surface area contributed by atoms with Gasteiger partial charge in [0.2, 0.25) is 10.0 Å². The van der Waals surface area contributed by atoms with Crippen molar-refractivity contribution in [3.63, 3.8) is 0 Å². The minimum absolute atomic E-state index is 0.0316. The zero-order chi connectivity index (χ0) is 15.8. The van der Waals surface area contributed by atoms with Crippen molar-refractivity contribution >= 4 is 47.4 Å². The normalized spacial score (nSPS) is 21.8. The molecule has 0 aliphatic carbocycles. The molecule has 0 aromatic heterocycles. The van der Waals surface area contributed by atoms with Gasteiger partial charge in [-0.15, -0.1) is 11.6 Å². The van der Waals surface area contributed by atoms with Crippen LogP contribution in [-0.2, 0) is 25.7 Å². The van der Waals surface area contributed by atoms with Crippen LogP contribution in [0, 0.1) is 0 Å². The summed E-state index contributed by atoms with van der Waals surface area (Å²) in [5, 5.41) is 0. The van der Waals surface area contributed by atoms with Crippen LogP contribution < -0.4 is 0 Å². The minimum atomic E-state index is -3.75. The second-order valence-corrected chi connectivity index (χ2v) is 10.3. The topological polar surface area (TPSA) is 71.5 Å². The van der Waals surface area contributed by atoms with Gasteiger partial charge in [-0.2, -0.15) is 4.31 Å². The molecule has 1 fully saturated rings. The maximum Gasteiger partial charge on any atom is 0.244 e. The largest absolute Gasteiger partial charge is 0.244 e. The summed E-state index contributed by atoms with van der Waals surface area (Å²) in [7, 11) is -5.47. The highest BCUT2D eigenvalue weighted by Gasteiger charge is 2.37. The van der Waals surface area contributed by atoms with Crippen LogP contribution in [0.15, 0.2) is 27.6 Å². The van der Waals surface area contributed by atoms with Crippen LogP contribution >= 0.6 is 27.5 Å². The van der Waals surface area contributed by atoms with Crippen LogP contribution in [0.3, 0.4) is 0 Å². The second-order valence-electron chi connectivity index (χ2n) is 4.98. The molecule has 0 N–H and O–H groups in total. The summed E-state index contributed by atoms with van der Waals surface area (Å²) in [5.74, 6) is 0.194. The van der Waals surface area contributed by atoms with E-state index in [-0.39, 0.29) is 22.3 Å². The summed E-state index contributed by atoms with van der Waals surface area (Å²) in [6.07, 6.45) is 0.329. The van der Waals surface area contributed by atoms with Crippen molar-refractivity contribution in [2.24, 2.45) is 0 Å². The lowest BCUT2D eigenvalue weighted by Gasteiger charge is -2.23. The van der Waals surface area contributed by atoms with Crippen molar-refractivity contribution in [3.8, 4) is 0 Å². The first-order valence-electron chi connectivity index (χ1n) is 6.20. The fraction of sp³-hybridized carbons (Fsp3) is 0.500. The summed E-state index contributed by atoms with van der Waals surface area (Å²) in [6, 6.07) is 4.26. The van der Waals surface area contributed by atoms with Crippen LogP contribution in [0.25, 0.3) is 0 Å². The average molecular weight is 417 g/mol. The zero-order valence-electron chi connectivity index (χ0n) is 11.3. The molecule has 0 spiro atoms. The van der Waals surface area contributed by atoms with E-state index in [0.29, 0.717) is 10.9 Å². The Morgan fingerprint density at radius 3 is 2.57 bits per heavy atom. The fourth-order valence-electron chi connectivity index (χ4n) is 2.25. The smallest absolute Gasteiger partial charge is 0.229 e. The first-order chi connectivity index (χ1) is 9.67. The van der Waals surface area contributed by atoms with Gasteiger partial charge >= 0.3 is 0 Å². The first-order valence-corrected chi connectivity index (χ1v) is 10.8. The molecule has 21 heavy (non-hydrogen) atoms. The molecule has 1 saturated heterocycles. The molecule has 2 rings (SSSR count). The number of alkyl halides is 1. The van der Waals surface area contributed by atoms with E-state index >= 15 is 0 Å². The number of sulfone groups is 1. The van der Waals surface area contributed by atoms with Gasteiger partial charge in [-0.05, 0) is 40.0 Å². The standard InChI is InChI=1S/C12H15BrClNO4S2/c1-15(10-4-5-20(16,17)8-10)21(18,19)12-3-2-9(7-14)6-11(12)13/h2-3,6,10H,4-5,7-8H2,1H3. The van der Waals surface area contributed by atoms with Crippen LogP contribution in [0.4, 0.5) is 0 Å². The van der Waals surface area contributed by atoms with E-state index in [1.54, 1.807) is 12.1 Å². The molecule has 1 aromatic rings. The van der Waals surface area contributed by atoms with Crippen molar-refractivity contribution in [1.82, 2.24) is 4.31 Å². The number of halogens is 2. The lowest BCUT2D eigenvalue weighted by Crippen LogP contribution is -2.37. The van der Waals surface area contributed by atoms with E-state index in [1.165, 1.54) is 13.1 Å². The van der Waals surface area contributed by atoms with Crippen LogP contribution in [0.2, 0.25) is 0 Å². The molecule has 1 unspecified atom stereocenters. The third-order valence-electron chi connectivity index (χ3n) is 3.53. The number of sulfonamides is 1. The van der Waals surface area contributed by atoms with Gasteiger partial charge in [0.25, 0.3) is 0 Å². The lowest BCUT2D eigenvalue weighted by atomic mass is 10.2. The molecule has 118 valence electrons. The molecule has 9 heteroatoms. The highest BCUT2D eigenvalue weighted by molar-refractivity contribution is 9.10. The maximum atomic E-state index is 12.6. The number of benzene rings is 1. The van der Waals surface area contributed by atoms with E-state index in [0.717, 1.165) is 9.87 Å². The van der Waals surface area contributed by atoms with E-state index in [2.05, 4.69) is 15.9 Å². The maximum absolute atomic E-state index is 12.6. The van der Waals surface area contributed by atoms with Crippen molar-refractivity contribution in [2.75, 3.05) is 18.6 Å². The predicted octanol–water partition coefficient (Wildman–Crippen LogP) is 2.00. The average Bonchev–Trinajstić information content (AvgIpc) is 2.77. The Kier molecular flexibility index (Phi) is 5.04. The molecule has 0 amide bonds. The van der Waals surface area contributed by atoms with Crippen molar-refractivity contribution in [3.05, 3.63) is 28.2 Å². The Balaban J connectivity index is 2.34. The Labute approximate surface area is 138 Å². The number of hydrogen-bond donors (Lipinski definition) is 0. The van der Waals surface area contributed by atoms with Crippen molar-refractivity contribution in [2.45, 2.75) is 23.2 Å². The van der Waals surface area contributed by atoms with Crippen molar-refractivity contribution in [1.29, 1.82) is 0 Å². The highest BCUT2D eigenvalue weighted by Crippen LogP contribution is 2.29. The summed E-state index contributed by atoms with van der Waals surface area (Å²) in [6.45, 7) is 0. The van der Waals surface area contributed by atoms with E-state index < -0.39 is 25.9 Å². The van der Waals surface area contributed by atoms with Gasteiger partial charge < -0.3 is 0 Å². The fourth-order valence-corrected chi connectivity index (χ4v) is 6.75. The third-order valence-corrected chi connectivity index (χ3v) is 8.48. The molecule has 5 nitrogen and oxygen atoms in total. The van der Waals surface area contributed by atoms with Crippen molar-refractivity contribution < 1.29 is 16.8 Å². The van der Waals surface area contributed by atoms with Gasteiger partial charge in [-0.1, -0.05) is 6.07 Å². The Hall–Kier alpha value is -0.150. The van der Waals surface area contributed by atoms with E-state index in [4.69, 9.17) is 11.6 Å².